The standard InChI is InChI=1S/C23H36O7/c1-11-12(2)20-14(13(3)16(11)25)7-8-23(6,30-20)10-22(4,5)21-19(28)18(27)17(26)15(9-24)29-21/h15,17-19,21,24-28H,7-10H2,1-6H3/t15-,17-,18+,19-,21-,23?/m1/s1. The number of hydrogen-bond donors (Lipinski definition) is 5. The molecule has 0 amide bonds. The molecule has 170 valence electrons. The van der Waals surface area contributed by atoms with Crippen LogP contribution < -0.4 is 4.74 Å². The number of fused-ring (bicyclic) bond motifs is 1. The van der Waals surface area contributed by atoms with E-state index in [1.165, 1.54) is 0 Å². The number of aliphatic hydroxyl groups is 4. The summed E-state index contributed by atoms with van der Waals surface area (Å²) in [5, 5.41) is 50.8. The van der Waals surface area contributed by atoms with Crippen molar-refractivity contribution in [2.45, 2.75) is 96.9 Å². The highest BCUT2D eigenvalue weighted by atomic mass is 16.5. The van der Waals surface area contributed by atoms with E-state index in [-0.39, 0.29) is 0 Å². The van der Waals surface area contributed by atoms with E-state index in [1.54, 1.807) is 0 Å². The molecule has 6 atom stereocenters. The van der Waals surface area contributed by atoms with Crippen LogP contribution in [0.5, 0.6) is 11.5 Å². The molecule has 7 nitrogen and oxygen atoms in total. The van der Waals surface area contributed by atoms with Gasteiger partial charge in [-0.3, -0.25) is 0 Å². The Hall–Kier alpha value is -1.38. The normalized spacial score (nSPS) is 34.4. The summed E-state index contributed by atoms with van der Waals surface area (Å²) in [6.45, 7) is 11.2. The lowest BCUT2D eigenvalue weighted by Crippen LogP contribution is -2.63. The molecule has 5 N–H and O–H groups in total. The molecule has 2 aliphatic rings. The number of aliphatic hydroxyl groups excluding tert-OH is 4. The summed E-state index contributed by atoms with van der Waals surface area (Å²) < 4.78 is 12.4. The zero-order valence-corrected chi connectivity index (χ0v) is 18.8. The SMILES string of the molecule is Cc1c(C)c2c(c(C)c1O)CCC(C)(CC(C)(C)[C@@H]1O[C@H](CO)[C@@H](O)[C@H](O)[C@H]1O)O2. The van der Waals surface area contributed by atoms with Gasteiger partial charge in [-0.1, -0.05) is 13.8 Å². The third-order valence-electron chi connectivity index (χ3n) is 7.08. The minimum atomic E-state index is -1.39. The van der Waals surface area contributed by atoms with Gasteiger partial charge in [-0.25, -0.2) is 0 Å². The van der Waals surface area contributed by atoms with Gasteiger partial charge in [-0.05, 0) is 69.1 Å². The van der Waals surface area contributed by atoms with Crippen molar-refractivity contribution in [3.05, 3.63) is 22.3 Å². The maximum atomic E-state index is 10.6. The van der Waals surface area contributed by atoms with Gasteiger partial charge in [0, 0.05) is 5.56 Å². The molecule has 0 aliphatic carbocycles. The van der Waals surface area contributed by atoms with Crippen molar-refractivity contribution in [3.63, 3.8) is 0 Å². The molecule has 1 aromatic rings. The highest BCUT2D eigenvalue weighted by Crippen LogP contribution is 2.47. The topological polar surface area (TPSA) is 120 Å². The fourth-order valence-corrected chi connectivity index (χ4v) is 5.23. The molecule has 0 bridgehead atoms. The Labute approximate surface area is 178 Å². The zero-order chi connectivity index (χ0) is 22.6. The first-order chi connectivity index (χ1) is 13.8. The Bertz CT molecular complexity index is 803. The molecule has 1 fully saturated rings. The van der Waals surface area contributed by atoms with Gasteiger partial charge in [0.1, 0.15) is 41.5 Å². The van der Waals surface area contributed by atoms with Gasteiger partial charge < -0.3 is 35.0 Å². The van der Waals surface area contributed by atoms with Gasteiger partial charge in [0.05, 0.1) is 12.7 Å². The van der Waals surface area contributed by atoms with Gasteiger partial charge in [-0.15, -0.1) is 0 Å². The van der Waals surface area contributed by atoms with Crippen LogP contribution >= 0.6 is 0 Å². The van der Waals surface area contributed by atoms with Crippen molar-refractivity contribution >= 4 is 0 Å². The second-order valence-corrected chi connectivity index (χ2v) is 10.00. The maximum absolute atomic E-state index is 10.6. The summed E-state index contributed by atoms with van der Waals surface area (Å²) in [5.41, 5.74) is 2.45. The van der Waals surface area contributed by atoms with E-state index >= 15 is 0 Å². The summed E-state index contributed by atoms with van der Waals surface area (Å²) in [4.78, 5) is 0. The summed E-state index contributed by atoms with van der Waals surface area (Å²) >= 11 is 0. The summed E-state index contributed by atoms with van der Waals surface area (Å²) in [6, 6.07) is 0. The van der Waals surface area contributed by atoms with Crippen molar-refractivity contribution in [1.29, 1.82) is 0 Å². The Morgan fingerprint density at radius 2 is 1.63 bits per heavy atom. The van der Waals surface area contributed by atoms with Gasteiger partial charge in [0.25, 0.3) is 0 Å². The Morgan fingerprint density at radius 1 is 1.00 bits per heavy atom. The molecule has 2 heterocycles. The molecule has 0 saturated carbocycles. The lowest BCUT2D eigenvalue weighted by molar-refractivity contribution is -0.256. The monoisotopic (exact) mass is 424 g/mol. The average Bonchev–Trinajstić information content (AvgIpc) is 2.68. The van der Waals surface area contributed by atoms with Crippen LogP contribution in [0, 0.1) is 26.2 Å². The first-order valence-electron chi connectivity index (χ1n) is 10.6. The van der Waals surface area contributed by atoms with Crippen LogP contribution in [0.3, 0.4) is 0 Å². The fourth-order valence-electron chi connectivity index (χ4n) is 5.23. The smallest absolute Gasteiger partial charge is 0.127 e. The van der Waals surface area contributed by atoms with E-state index < -0.39 is 48.1 Å². The minimum Gasteiger partial charge on any atom is -0.507 e. The second-order valence-electron chi connectivity index (χ2n) is 10.00. The molecule has 0 aromatic heterocycles. The van der Waals surface area contributed by atoms with Gasteiger partial charge in [0.2, 0.25) is 0 Å². The Kier molecular flexibility index (Phi) is 6.17. The fraction of sp³-hybridized carbons (Fsp3) is 0.739. The number of rotatable bonds is 4. The van der Waals surface area contributed by atoms with Crippen LogP contribution in [0.1, 0.15) is 55.9 Å². The molecule has 1 saturated heterocycles. The third kappa shape index (κ3) is 3.82. The lowest BCUT2D eigenvalue weighted by Gasteiger charge is -2.49. The Balaban J connectivity index is 1.87. The third-order valence-corrected chi connectivity index (χ3v) is 7.08. The molecule has 30 heavy (non-hydrogen) atoms. The van der Waals surface area contributed by atoms with E-state index in [4.69, 9.17) is 9.47 Å². The summed E-state index contributed by atoms with van der Waals surface area (Å²) in [7, 11) is 0. The molecule has 0 spiro atoms. The van der Waals surface area contributed by atoms with Crippen LogP contribution in [-0.2, 0) is 11.2 Å². The minimum absolute atomic E-state index is 0.320. The molecular formula is C23H36O7. The highest BCUT2D eigenvalue weighted by Gasteiger charge is 2.51. The Morgan fingerprint density at radius 3 is 2.23 bits per heavy atom. The van der Waals surface area contributed by atoms with Crippen molar-refractivity contribution in [2.75, 3.05) is 6.61 Å². The maximum Gasteiger partial charge on any atom is 0.127 e. The van der Waals surface area contributed by atoms with E-state index in [2.05, 4.69) is 0 Å². The molecule has 7 heteroatoms. The molecule has 1 aromatic carbocycles. The zero-order valence-electron chi connectivity index (χ0n) is 18.8. The van der Waals surface area contributed by atoms with Crippen LogP contribution in [-0.4, -0.2) is 68.3 Å². The predicted octanol–water partition coefficient (Wildman–Crippen LogP) is 1.66. The van der Waals surface area contributed by atoms with E-state index in [0.29, 0.717) is 12.2 Å². The highest BCUT2D eigenvalue weighted by molar-refractivity contribution is 5.58. The van der Waals surface area contributed by atoms with Gasteiger partial charge in [-0.2, -0.15) is 0 Å². The summed E-state index contributed by atoms with van der Waals surface area (Å²) in [6.07, 6.45) is -3.73. The molecule has 3 rings (SSSR count). The van der Waals surface area contributed by atoms with Crippen LogP contribution in [0.2, 0.25) is 0 Å². The van der Waals surface area contributed by atoms with E-state index in [9.17, 15) is 25.5 Å². The quantitative estimate of drug-likeness (QED) is 0.499. The number of phenols is 1. The van der Waals surface area contributed by atoms with Crippen LogP contribution in [0.4, 0.5) is 0 Å². The van der Waals surface area contributed by atoms with Gasteiger partial charge in [0.15, 0.2) is 0 Å². The first kappa shape index (κ1) is 23.3. The van der Waals surface area contributed by atoms with Gasteiger partial charge >= 0.3 is 0 Å². The number of ether oxygens (including phenoxy) is 2. The lowest BCUT2D eigenvalue weighted by atomic mass is 9.70. The van der Waals surface area contributed by atoms with Crippen molar-refractivity contribution in [3.8, 4) is 11.5 Å². The number of phenolic OH excluding ortho intramolecular Hbond substituents is 1. The van der Waals surface area contributed by atoms with Crippen LogP contribution in [0.25, 0.3) is 0 Å². The predicted molar refractivity (Wildman–Crippen MR) is 112 cm³/mol. The van der Waals surface area contributed by atoms with Crippen molar-refractivity contribution < 1.29 is 35.0 Å². The average molecular weight is 425 g/mol. The number of aromatic hydroxyl groups is 1. The summed E-state index contributed by atoms with van der Waals surface area (Å²) in [5.74, 6) is 1.13. The first-order valence-corrected chi connectivity index (χ1v) is 10.6. The van der Waals surface area contributed by atoms with Crippen molar-refractivity contribution in [2.24, 2.45) is 5.41 Å². The van der Waals surface area contributed by atoms with E-state index in [0.717, 1.165) is 40.8 Å². The molecule has 0 radical (unpaired) electrons. The van der Waals surface area contributed by atoms with Crippen LogP contribution in [0.15, 0.2) is 0 Å². The van der Waals surface area contributed by atoms with E-state index in [1.807, 2.05) is 41.5 Å². The largest absolute Gasteiger partial charge is 0.507 e. The molecular weight excluding hydrogens is 388 g/mol. The molecule has 1 unspecified atom stereocenters. The number of benzene rings is 1. The second kappa shape index (κ2) is 7.95. The molecule has 2 aliphatic heterocycles. The number of hydrogen-bond acceptors (Lipinski definition) is 7. The van der Waals surface area contributed by atoms with Crippen molar-refractivity contribution in [1.82, 2.24) is 0 Å².